The topological polar surface area (TPSA) is 0 Å². The number of halogens is 3. The second kappa shape index (κ2) is 8.86. The van der Waals surface area contributed by atoms with Gasteiger partial charge in [0.2, 0.25) is 0 Å². The van der Waals surface area contributed by atoms with E-state index in [2.05, 4.69) is 38.2 Å². The molecule has 3 aliphatic rings. The molecule has 0 nitrogen and oxygen atoms in total. The van der Waals surface area contributed by atoms with Gasteiger partial charge in [-0.3, -0.25) is 6.08 Å². The van der Waals surface area contributed by atoms with E-state index >= 15 is 0 Å². The maximum Gasteiger partial charge on any atom is 4.00 e. The predicted molar refractivity (Wildman–Crippen MR) is 67.9 cm³/mol. The summed E-state index contributed by atoms with van der Waals surface area (Å²) in [5, 5.41) is 0. The number of hydrogen-bond donors (Lipinski definition) is 0. The summed E-state index contributed by atoms with van der Waals surface area (Å²) in [5.74, 6) is 0. The van der Waals surface area contributed by atoms with Gasteiger partial charge in [0.15, 0.2) is 0 Å². The molecule has 0 radical (unpaired) electrons. The molecule has 0 heterocycles. The van der Waals surface area contributed by atoms with Crippen molar-refractivity contribution in [3.05, 3.63) is 46.6 Å². The molecule has 3 rings (SSSR count). The molecule has 0 saturated heterocycles. The van der Waals surface area contributed by atoms with Crippen molar-refractivity contribution in [1.82, 2.24) is 0 Å². The Hall–Kier alpha value is 0.544. The number of hydrogen-bond acceptors (Lipinski definition) is 0. The molecule has 0 bridgehead atoms. The summed E-state index contributed by atoms with van der Waals surface area (Å²) in [6, 6.07) is 0. The third-order valence-electron chi connectivity index (χ3n) is 4.27. The first kappa shape index (κ1) is 22.8. The minimum absolute atomic E-state index is 0. The maximum atomic E-state index is 3.58. The smallest absolute Gasteiger partial charge is 1.00 e. The molecule has 0 aliphatic heterocycles. The molecule has 0 spiro atoms. The van der Waals surface area contributed by atoms with Crippen molar-refractivity contribution in [1.29, 1.82) is 0 Å². The van der Waals surface area contributed by atoms with Gasteiger partial charge in [-0.05, 0) is 25.2 Å². The van der Waals surface area contributed by atoms with Crippen LogP contribution in [0, 0.1) is 11.5 Å². The Kier molecular flexibility index (Phi) is 10.1. The molecule has 0 aromatic heterocycles. The van der Waals surface area contributed by atoms with Crippen molar-refractivity contribution in [2.24, 2.45) is 5.41 Å². The van der Waals surface area contributed by atoms with Crippen LogP contribution in [0.3, 0.4) is 0 Å². The first-order valence-electron chi connectivity index (χ1n) is 6.49. The van der Waals surface area contributed by atoms with E-state index in [1.165, 1.54) is 36.8 Å². The van der Waals surface area contributed by atoms with Crippen LogP contribution in [0.2, 0.25) is 0 Å². The summed E-state index contributed by atoms with van der Waals surface area (Å²) in [5.41, 5.74) is 6.57. The number of allylic oxidation sites excluding steroid dienone is 8. The summed E-state index contributed by atoms with van der Waals surface area (Å²) in [6.07, 6.45) is 16.8. The SMILES string of the molecule is CCCCC12CC=CC(C)=C1C1=CC[C-]=C12.[Cl-].[Cl-].[Cl-].[Ti+4]. The van der Waals surface area contributed by atoms with Crippen LogP contribution in [0.15, 0.2) is 40.5 Å². The summed E-state index contributed by atoms with van der Waals surface area (Å²) in [6.45, 7) is 4.55. The molecule has 0 N–H and O–H groups in total. The van der Waals surface area contributed by atoms with Crippen LogP contribution in [-0.4, -0.2) is 0 Å². The van der Waals surface area contributed by atoms with Gasteiger partial charge in [-0.25, -0.2) is 5.57 Å². The molecule has 1 atom stereocenters. The average Bonchev–Trinajstić information content (AvgIpc) is 2.68. The van der Waals surface area contributed by atoms with Crippen molar-refractivity contribution in [3.63, 3.8) is 0 Å². The molecule has 0 amide bonds. The zero-order chi connectivity index (χ0) is 11.2. The molecule has 3 aliphatic carbocycles. The molecule has 20 heavy (non-hydrogen) atoms. The molecule has 0 aromatic carbocycles. The third-order valence-corrected chi connectivity index (χ3v) is 4.27. The molecular weight excluding hydrogens is 346 g/mol. The van der Waals surface area contributed by atoms with Crippen molar-refractivity contribution in [2.45, 2.75) is 46.0 Å². The molecule has 1 saturated carbocycles. The number of unbranched alkanes of at least 4 members (excludes halogenated alkanes) is 1. The van der Waals surface area contributed by atoms with Crippen molar-refractivity contribution in [3.8, 4) is 0 Å². The molecule has 108 valence electrons. The first-order valence-corrected chi connectivity index (χ1v) is 6.49. The zero-order valence-electron chi connectivity index (χ0n) is 11.9. The normalized spacial score (nSPS) is 24.5. The van der Waals surface area contributed by atoms with Gasteiger partial charge >= 0.3 is 21.7 Å². The Bertz CT molecular complexity index is 460. The van der Waals surface area contributed by atoms with Gasteiger partial charge in [0, 0.05) is 0 Å². The second-order valence-electron chi connectivity index (χ2n) is 5.22. The van der Waals surface area contributed by atoms with Gasteiger partial charge in [-0.15, -0.1) is 12.0 Å². The first-order chi connectivity index (χ1) is 7.79. The van der Waals surface area contributed by atoms with Crippen molar-refractivity contribution in [2.75, 3.05) is 0 Å². The summed E-state index contributed by atoms with van der Waals surface area (Å²) < 4.78 is 0. The fraction of sp³-hybridized carbons (Fsp3) is 0.500. The Morgan fingerprint density at radius 1 is 1.25 bits per heavy atom. The summed E-state index contributed by atoms with van der Waals surface area (Å²) in [7, 11) is 0. The van der Waals surface area contributed by atoms with Gasteiger partial charge in [0.1, 0.15) is 0 Å². The Balaban J connectivity index is 0. The average molecular weight is 366 g/mol. The maximum absolute atomic E-state index is 3.58. The van der Waals surface area contributed by atoms with E-state index in [-0.39, 0.29) is 58.9 Å². The summed E-state index contributed by atoms with van der Waals surface area (Å²) >= 11 is 0. The fourth-order valence-electron chi connectivity index (χ4n) is 3.57. The van der Waals surface area contributed by atoms with E-state index in [0.717, 1.165) is 6.42 Å². The van der Waals surface area contributed by atoms with Crippen LogP contribution in [0.4, 0.5) is 0 Å². The molecule has 4 heteroatoms. The molecule has 0 aromatic rings. The van der Waals surface area contributed by atoms with Crippen LogP contribution in [0.1, 0.15) is 46.0 Å². The largest absolute Gasteiger partial charge is 4.00 e. The van der Waals surface area contributed by atoms with Crippen molar-refractivity contribution < 1.29 is 58.9 Å². The second-order valence-corrected chi connectivity index (χ2v) is 5.22. The van der Waals surface area contributed by atoms with Crippen LogP contribution < -0.4 is 37.2 Å². The molecule has 1 unspecified atom stereocenters. The fourth-order valence-corrected chi connectivity index (χ4v) is 3.57. The van der Waals surface area contributed by atoms with E-state index < -0.39 is 0 Å². The van der Waals surface area contributed by atoms with E-state index in [9.17, 15) is 0 Å². The van der Waals surface area contributed by atoms with Crippen LogP contribution in [0.25, 0.3) is 0 Å². The monoisotopic (exact) mass is 364 g/mol. The van der Waals surface area contributed by atoms with Gasteiger partial charge < -0.3 is 37.2 Å². The number of fused-ring (bicyclic) bond motifs is 4. The van der Waals surface area contributed by atoms with Gasteiger partial charge in [-0.2, -0.15) is 11.6 Å². The quantitative estimate of drug-likeness (QED) is 0.350. The van der Waals surface area contributed by atoms with Crippen LogP contribution in [-0.2, 0) is 21.7 Å². The molecule has 1 fully saturated rings. The minimum Gasteiger partial charge on any atom is -1.00 e. The van der Waals surface area contributed by atoms with E-state index in [0.29, 0.717) is 5.41 Å². The van der Waals surface area contributed by atoms with Gasteiger partial charge in [0.05, 0.1) is 0 Å². The standard InChI is InChI=1S/C16H19.3ClH.Ti/c1-3-4-10-16-11-6-7-12(2)15(16)13-8-5-9-14(13)16;;;;/h6-8H,3-5,10-11H2,1-2H3;3*1H;/q-1;;;;+4/p-3. The van der Waals surface area contributed by atoms with E-state index in [1.807, 2.05) is 0 Å². The van der Waals surface area contributed by atoms with Crippen LogP contribution in [0.5, 0.6) is 0 Å². The Morgan fingerprint density at radius 2 is 1.95 bits per heavy atom. The third kappa shape index (κ3) is 3.15. The molecular formula is C16H19Cl3Ti. The van der Waals surface area contributed by atoms with E-state index in [4.69, 9.17) is 0 Å². The van der Waals surface area contributed by atoms with E-state index in [1.54, 1.807) is 11.1 Å². The summed E-state index contributed by atoms with van der Waals surface area (Å²) in [4.78, 5) is 0. The Labute approximate surface area is 156 Å². The Morgan fingerprint density at radius 3 is 2.60 bits per heavy atom. The van der Waals surface area contributed by atoms with Crippen molar-refractivity contribution >= 4 is 0 Å². The van der Waals surface area contributed by atoms with Gasteiger partial charge in [0.25, 0.3) is 0 Å². The minimum atomic E-state index is 0. The van der Waals surface area contributed by atoms with Crippen LogP contribution >= 0.6 is 0 Å². The zero-order valence-corrected chi connectivity index (χ0v) is 15.7. The van der Waals surface area contributed by atoms with Gasteiger partial charge in [-0.1, -0.05) is 37.5 Å². The predicted octanol–water partition coefficient (Wildman–Crippen LogP) is -4.48. The number of rotatable bonds is 3.